The van der Waals surface area contributed by atoms with E-state index in [2.05, 4.69) is 31.4 Å². The van der Waals surface area contributed by atoms with Crippen molar-refractivity contribution in [2.45, 2.75) is 24.3 Å². The molecule has 3 aromatic rings. The van der Waals surface area contributed by atoms with Gasteiger partial charge in [-0.05, 0) is 32.0 Å². The van der Waals surface area contributed by atoms with Crippen molar-refractivity contribution in [2.75, 3.05) is 11.2 Å². The van der Waals surface area contributed by atoms with Gasteiger partial charge in [-0.2, -0.15) is 0 Å². The Morgan fingerprint density at radius 3 is 2.65 bits per heavy atom. The van der Waals surface area contributed by atoms with Crippen molar-refractivity contribution in [3.05, 3.63) is 58.6 Å². The molecule has 0 fully saturated rings. The van der Waals surface area contributed by atoms with Crippen LogP contribution in [-0.2, 0) is 4.79 Å². The van der Waals surface area contributed by atoms with E-state index in [1.807, 2.05) is 55.5 Å². The average molecular weight is 432 g/mol. The number of carbonyl (C=O) groups excluding carboxylic acids is 1. The number of rotatable bonds is 5. The second-order valence-electron chi connectivity index (χ2n) is 5.80. The number of anilines is 1. The topological polar surface area (TPSA) is 85.8 Å². The van der Waals surface area contributed by atoms with Gasteiger partial charge in [-0.25, -0.2) is 4.68 Å². The van der Waals surface area contributed by atoms with Crippen molar-refractivity contribution in [1.82, 2.24) is 14.9 Å². The highest BCUT2D eigenvalue weighted by molar-refractivity contribution is 9.10. The number of nitrogens with two attached hydrogens (primary N) is 1. The first-order chi connectivity index (χ1) is 12.4. The van der Waals surface area contributed by atoms with Crippen LogP contribution in [-0.4, -0.2) is 26.0 Å². The minimum absolute atomic E-state index is 0.131. The lowest BCUT2D eigenvalue weighted by molar-refractivity contribution is -0.115. The molecule has 0 spiro atoms. The van der Waals surface area contributed by atoms with E-state index in [1.165, 1.54) is 16.4 Å². The third-order valence-corrected chi connectivity index (χ3v) is 5.27. The van der Waals surface area contributed by atoms with Crippen LogP contribution in [0.5, 0.6) is 0 Å². The molecule has 0 bridgehead atoms. The predicted octanol–water partition coefficient (Wildman–Crippen LogP) is 3.85. The van der Waals surface area contributed by atoms with Crippen LogP contribution in [0.2, 0.25) is 0 Å². The van der Waals surface area contributed by atoms with Crippen molar-refractivity contribution >= 4 is 39.3 Å². The molecule has 0 aliphatic heterocycles. The summed E-state index contributed by atoms with van der Waals surface area (Å²) in [6.07, 6.45) is 0. The molecule has 26 heavy (non-hydrogen) atoms. The van der Waals surface area contributed by atoms with E-state index in [-0.39, 0.29) is 11.2 Å². The number of aryl methyl sites for hydroxylation is 1. The van der Waals surface area contributed by atoms with E-state index >= 15 is 0 Å². The van der Waals surface area contributed by atoms with Gasteiger partial charge in [0.15, 0.2) is 5.82 Å². The van der Waals surface area contributed by atoms with Gasteiger partial charge in [0.1, 0.15) is 0 Å². The Bertz CT molecular complexity index is 926. The van der Waals surface area contributed by atoms with Gasteiger partial charge in [-0.3, -0.25) is 4.79 Å². The summed E-state index contributed by atoms with van der Waals surface area (Å²) >= 11 is 4.65. The molecule has 0 aliphatic rings. The first-order valence-corrected chi connectivity index (χ1v) is 9.62. The number of nitrogens with zero attached hydrogens (tertiary/aromatic N) is 3. The van der Waals surface area contributed by atoms with Crippen LogP contribution < -0.4 is 11.2 Å². The Labute approximate surface area is 164 Å². The third kappa shape index (κ3) is 4.25. The number of amides is 1. The number of nitrogen functional groups attached to an aromatic ring is 1. The molecule has 1 amide bonds. The standard InChI is InChI=1S/C18H18BrN5OS/c1-11-6-8-13(9-7-11)16-22-23-18(24(16)20)26-12(2)17(25)21-15-5-3-4-14(19)10-15/h3-10,12H,20H2,1-2H3,(H,21,25). The Kier molecular flexibility index (Phi) is 5.63. The molecular formula is C18H18BrN5OS. The number of carbonyl (C=O) groups is 1. The smallest absolute Gasteiger partial charge is 0.237 e. The zero-order valence-electron chi connectivity index (χ0n) is 14.3. The van der Waals surface area contributed by atoms with Gasteiger partial charge in [-0.1, -0.05) is 63.6 Å². The zero-order valence-corrected chi connectivity index (χ0v) is 16.7. The van der Waals surface area contributed by atoms with Gasteiger partial charge in [0.05, 0.1) is 5.25 Å². The molecule has 1 heterocycles. The van der Waals surface area contributed by atoms with Crippen LogP contribution in [0.1, 0.15) is 12.5 Å². The molecular weight excluding hydrogens is 414 g/mol. The SMILES string of the molecule is Cc1ccc(-c2nnc(SC(C)C(=O)Nc3cccc(Br)c3)n2N)cc1. The summed E-state index contributed by atoms with van der Waals surface area (Å²) in [5.41, 5.74) is 2.76. The maximum absolute atomic E-state index is 12.4. The van der Waals surface area contributed by atoms with E-state index in [4.69, 9.17) is 5.84 Å². The lowest BCUT2D eigenvalue weighted by Crippen LogP contribution is -2.23. The minimum Gasteiger partial charge on any atom is -0.335 e. The molecule has 0 saturated carbocycles. The fourth-order valence-electron chi connectivity index (χ4n) is 2.28. The monoisotopic (exact) mass is 431 g/mol. The van der Waals surface area contributed by atoms with Crippen molar-refractivity contribution in [2.24, 2.45) is 0 Å². The van der Waals surface area contributed by atoms with Crippen LogP contribution >= 0.6 is 27.7 Å². The maximum Gasteiger partial charge on any atom is 0.237 e. The summed E-state index contributed by atoms with van der Waals surface area (Å²) in [6.45, 7) is 3.82. The summed E-state index contributed by atoms with van der Waals surface area (Å²) < 4.78 is 2.32. The Balaban J connectivity index is 1.70. The Morgan fingerprint density at radius 1 is 1.23 bits per heavy atom. The largest absolute Gasteiger partial charge is 0.335 e. The summed E-state index contributed by atoms with van der Waals surface area (Å²) in [5.74, 6) is 6.56. The fourth-order valence-corrected chi connectivity index (χ4v) is 3.45. The van der Waals surface area contributed by atoms with Crippen LogP contribution in [0.25, 0.3) is 11.4 Å². The molecule has 1 atom stereocenters. The lowest BCUT2D eigenvalue weighted by atomic mass is 10.1. The molecule has 134 valence electrons. The van der Waals surface area contributed by atoms with E-state index in [0.717, 1.165) is 21.3 Å². The second-order valence-corrected chi connectivity index (χ2v) is 8.03. The van der Waals surface area contributed by atoms with Crippen molar-refractivity contribution in [3.8, 4) is 11.4 Å². The van der Waals surface area contributed by atoms with Gasteiger partial charge in [0, 0.05) is 15.7 Å². The summed E-state index contributed by atoms with van der Waals surface area (Å²) in [6, 6.07) is 15.3. The Hall–Kier alpha value is -2.32. The number of halogens is 1. The number of benzene rings is 2. The van der Waals surface area contributed by atoms with Crippen molar-refractivity contribution in [3.63, 3.8) is 0 Å². The van der Waals surface area contributed by atoms with Gasteiger partial charge in [0.2, 0.25) is 11.1 Å². The third-order valence-electron chi connectivity index (χ3n) is 3.72. The van der Waals surface area contributed by atoms with Gasteiger partial charge < -0.3 is 11.2 Å². The first-order valence-electron chi connectivity index (χ1n) is 7.94. The molecule has 0 aliphatic carbocycles. The molecule has 2 aromatic carbocycles. The normalized spacial score (nSPS) is 12.0. The van der Waals surface area contributed by atoms with Gasteiger partial charge in [0.25, 0.3) is 0 Å². The van der Waals surface area contributed by atoms with Crippen molar-refractivity contribution < 1.29 is 4.79 Å². The maximum atomic E-state index is 12.4. The molecule has 3 N–H and O–H groups in total. The predicted molar refractivity (Wildman–Crippen MR) is 108 cm³/mol. The first kappa shape index (κ1) is 18.5. The van der Waals surface area contributed by atoms with Gasteiger partial charge >= 0.3 is 0 Å². The van der Waals surface area contributed by atoms with Crippen LogP contribution in [0.4, 0.5) is 5.69 Å². The number of aromatic nitrogens is 3. The van der Waals surface area contributed by atoms with E-state index in [0.29, 0.717) is 11.0 Å². The molecule has 1 aromatic heterocycles. The molecule has 6 nitrogen and oxygen atoms in total. The molecule has 0 radical (unpaired) electrons. The summed E-state index contributed by atoms with van der Waals surface area (Å²) in [4.78, 5) is 12.4. The highest BCUT2D eigenvalue weighted by Crippen LogP contribution is 2.26. The molecule has 3 rings (SSSR count). The van der Waals surface area contributed by atoms with Crippen LogP contribution in [0.3, 0.4) is 0 Å². The average Bonchev–Trinajstić information content (AvgIpc) is 2.96. The van der Waals surface area contributed by atoms with Crippen LogP contribution in [0.15, 0.2) is 58.2 Å². The molecule has 1 unspecified atom stereocenters. The van der Waals surface area contributed by atoms with E-state index in [9.17, 15) is 4.79 Å². The zero-order chi connectivity index (χ0) is 18.7. The highest BCUT2D eigenvalue weighted by Gasteiger charge is 2.20. The number of hydrogen-bond donors (Lipinski definition) is 2. The van der Waals surface area contributed by atoms with Gasteiger partial charge in [-0.15, -0.1) is 10.2 Å². The number of hydrogen-bond acceptors (Lipinski definition) is 5. The molecule has 0 saturated heterocycles. The number of thioether (sulfide) groups is 1. The Morgan fingerprint density at radius 2 is 1.96 bits per heavy atom. The molecule has 8 heteroatoms. The highest BCUT2D eigenvalue weighted by atomic mass is 79.9. The lowest BCUT2D eigenvalue weighted by Gasteiger charge is -2.11. The van der Waals surface area contributed by atoms with Crippen LogP contribution in [0, 0.1) is 6.92 Å². The summed E-state index contributed by atoms with van der Waals surface area (Å²) in [5, 5.41) is 11.3. The summed E-state index contributed by atoms with van der Waals surface area (Å²) in [7, 11) is 0. The van der Waals surface area contributed by atoms with E-state index in [1.54, 1.807) is 6.92 Å². The quantitative estimate of drug-likeness (QED) is 0.473. The van der Waals surface area contributed by atoms with E-state index < -0.39 is 0 Å². The number of nitrogens with one attached hydrogen (secondary N) is 1. The minimum atomic E-state index is -0.383. The second kappa shape index (κ2) is 7.92. The fraction of sp³-hybridized carbons (Fsp3) is 0.167. The van der Waals surface area contributed by atoms with Crippen molar-refractivity contribution in [1.29, 1.82) is 0 Å².